The number of nitrogens with zero attached hydrogens (tertiary/aromatic N) is 1. The van der Waals surface area contributed by atoms with Gasteiger partial charge in [0, 0.05) is 10.7 Å². The molecule has 0 spiro atoms. The third-order valence-electron chi connectivity index (χ3n) is 5.23. The molecule has 0 aliphatic carbocycles. The maximum Gasteiger partial charge on any atom is 0.329 e. The lowest BCUT2D eigenvalue weighted by Crippen LogP contribution is -2.47. The second-order valence-electron chi connectivity index (χ2n) is 8.25. The maximum atomic E-state index is 13.2. The second kappa shape index (κ2) is 10.9. The number of benzene rings is 2. The van der Waals surface area contributed by atoms with E-state index in [4.69, 9.17) is 62.7 Å². The van der Waals surface area contributed by atoms with Crippen molar-refractivity contribution in [2.75, 3.05) is 11.9 Å². The Morgan fingerprint density at radius 2 is 1.49 bits per heavy atom. The molecule has 2 aromatic carbocycles. The minimum Gasteiger partial charge on any atom is -0.454 e. The normalized spacial score (nSPS) is 13.8. The summed E-state index contributed by atoms with van der Waals surface area (Å²) in [6, 6.07) is 3.61. The van der Waals surface area contributed by atoms with Crippen molar-refractivity contribution in [1.29, 1.82) is 0 Å². The van der Waals surface area contributed by atoms with E-state index in [0.717, 1.165) is 10.5 Å². The standard InChI is InChI=1S/C23H19Cl5N2O5/c1-9(2)6-13(23(34)35-8-14(31)29-12-7-11(24)5-4-10(12)3)30-21(32)15-16(22(30)33)18(26)20(28)19(27)17(15)25/h4-5,7,9,13H,6,8H2,1-3H3,(H,29,31)/t13-/m1/s1. The van der Waals surface area contributed by atoms with Crippen molar-refractivity contribution in [3.63, 3.8) is 0 Å². The van der Waals surface area contributed by atoms with Gasteiger partial charge in [0.05, 0.1) is 31.2 Å². The highest BCUT2D eigenvalue weighted by molar-refractivity contribution is 6.55. The molecule has 0 radical (unpaired) electrons. The molecule has 1 aliphatic heterocycles. The molecule has 1 aliphatic rings. The van der Waals surface area contributed by atoms with Gasteiger partial charge >= 0.3 is 5.97 Å². The fourth-order valence-electron chi connectivity index (χ4n) is 3.55. The minimum absolute atomic E-state index is 0.0655. The average molecular weight is 581 g/mol. The van der Waals surface area contributed by atoms with Gasteiger partial charge in [0.2, 0.25) is 0 Å². The number of fused-ring (bicyclic) bond motifs is 1. The number of halogens is 5. The first-order valence-electron chi connectivity index (χ1n) is 10.3. The van der Waals surface area contributed by atoms with Gasteiger partial charge in [-0.2, -0.15) is 0 Å². The number of rotatable bonds is 7. The van der Waals surface area contributed by atoms with Gasteiger partial charge in [-0.15, -0.1) is 0 Å². The monoisotopic (exact) mass is 578 g/mol. The first-order valence-corrected chi connectivity index (χ1v) is 12.2. The number of hydrogen-bond donors (Lipinski definition) is 1. The summed E-state index contributed by atoms with van der Waals surface area (Å²) in [6.45, 7) is 4.71. The smallest absolute Gasteiger partial charge is 0.329 e. The Bertz CT molecular complexity index is 1200. The quantitative estimate of drug-likeness (QED) is 0.176. The van der Waals surface area contributed by atoms with Crippen LogP contribution in [0.25, 0.3) is 0 Å². The summed E-state index contributed by atoms with van der Waals surface area (Å²) in [5, 5.41) is 2.16. The SMILES string of the molecule is Cc1ccc(Cl)cc1NC(=O)COC(=O)[C@@H](CC(C)C)N1C(=O)c2c(Cl)c(Cl)c(Cl)c(Cl)c2C1=O. The van der Waals surface area contributed by atoms with Crippen molar-refractivity contribution in [2.45, 2.75) is 33.2 Å². The summed E-state index contributed by atoms with van der Waals surface area (Å²) >= 11 is 30.4. The molecule has 1 N–H and O–H groups in total. The summed E-state index contributed by atoms with van der Waals surface area (Å²) in [4.78, 5) is 52.5. The number of carbonyl (C=O) groups is 4. The molecule has 1 heterocycles. The lowest BCUT2D eigenvalue weighted by molar-refractivity contribution is -0.151. The third kappa shape index (κ3) is 5.54. The number of esters is 1. The molecular formula is C23H19Cl5N2O5. The van der Waals surface area contributed by atoms with Gasteiger partial charge in [-0.1, -0.05) is 77.9 Å². The van der Waals surface area contributed by atoms with Crippen LogP contribution in [-0.4, -0.2) is 41.2 Å². The van der Waals surface area contributed by atoms with E-state index in [1.165, 1.54) is 0 Å². The summed E-state index contributed by atoms with van der Waals surface area (Å²) in [5.41, 5.74) is 0.720. The fourth-order valence-corrected chi connectivity index (χ4v) is 4.74. The second-order valence-corrected chi connectivity index (χ2v) is 10.2. The van der Waals surface area contributed by atoms with Crippen molar-refractivity contribution < 1.29 is 23.9 Å². The summed E-state index contributed by atoms with van der Waals surface area (Å²) in [7, 11) is 0. The molecule has 1 atom stereocenters. The first kappa shape index (κ1) is 27.6. The lowest BCUT2D eigenvalue weighted by atomic mass is 10.0. The van der Waals surface area contributed by atoms with E-state index < -0.39 is 36.3 Å². The van der Waals surface area contributed by atoms with Crippen molar-refractivity contribution in [3.05, 3.63) is 60.0 Å². The van der Waals surface area contributed by atoms with Crippen LogP contribution in [-0.2, 0) is 14.3 Å². The largest absolute Gasteiger partial charge is 0.454 e. The Morgan fingerprint density at radius 3 is 2.00 bits per heavy atom. The summed E-state index contributed by atoms with van der Waals surface area (Å²) in [6.07, 6.45) is 0.0655. The molecule has 0 aromatic heterocycles. The summed E-state index contributed by atoms with van der Waals surface area (Å²) < 4.78 is 5.18. The lowest BCUT2D eigenvalue weighted by Gasteiger charge is -2.26. The predicted octanol–water partition coefficient (Wildman–Crippen LogP) is 6.45. The van der Waals surface area contributed by atoms with Gasteiger partial charge < -0.3 is 10.1 Å². The highest BCUT2D eigenvalue weighted by Crippen LogP contribution is 2.45. The topological polar surface area (TPSA) is 92.8 Å². The van der Waals surface area contributed by atoms with Crippen LogP contribution in [0.3, 0.4) is 0 Å². The predicted molar refractivity (Wildman–Crippen MR) is 136 cm³/mol. The number of aryl methyl sites for hydroxylation is 1. The van der Waals surface area contributed by atoms with Crippen molar-refractivity contribution >= 4 is 87.4 Å². The van der Waals surface area contributed by atoms with Crippen LogP contribution < -0.4 is 5.32 Å². The van der Waals surface area contributed by atoms with Gasteiger partial charge in [0.15, 0.2) is 6.61 Å². The fraction of sp³-hybridized carbons (Fsp3) is 0.304. The molecule has 0 unspecified atom stereocenters. The van der Waals surface area contributed by atoms with Crippen molar-refractivity contribution in [3.8, 4) is 0 Å². The number of hydrogen-bond acceptors (Lipinski definition) is 5. The minimum atomic E-state index is -1.34. The van der Waals surface area contributed by atoms with Crippen molar-refractivity contribution in [2.24, 2.45) is 5.92 Å². The molecule has 3 rings (SSSR count). The Kier molecular flexibility index (Phi) is 8.60. The number of amides is 3. The highest BCUT2D eigenvalue weighted by Gasteiger charge is 2.47. The average Bonchev–Trinajstić information content (AvgIpc) is 3.05. The zero-order valence-electron chi connectivity index (χ0n) is 18.7. The van der Waals surface area contributed by atoms with Crippen molar-refractivity contribution in [1.82, 2.24) is 4.90 Å². The Balaban J connectivity index is 1.83. The van der Waals surface area contributed by atoms with E-state index in [1.807, 2.05) is 0 Å². The van der Waals surface area contributed by atoms with E-state index in [0.29, 0.717) is 10.7 Å². The number of ether oxygens (including phenoxy) is 1. The number of anilines is 1. The van der Waals surface area contributed by atoms with E-state index >= 15 is 0 Å². The van der Waals surface area contributed by atoms with E-state index in [9.17, 15) is 19.2 Å². The van der Waals surface area contributed by atoms with Crippen LogP contribution in [0.5, 0.6) is 0 Å². The molecule has 12 heteroatoms. The molecular weight excluding hydrogens is 562 g/mol. The molecule has 7 nitrogen and oxygen atoms in total. The van der Waals surface area contributed by atoms with Gasteiger partial charge in [-0.05, 0) is 37.0 Å². The molecule has 0 saturated heterocycles. The Hall–Kier alpha value is -2.03. The molecule has 3 amide bonds. The van der Waals surface area contributed by atoms with Gasteiger partial charge in [-0.25, -0.2) is 4.79 Å². The number of imide groups is 1. The van der Waals surface area contributed by atoms with E-state index in [1.54, 1.807) is 39.0 Å². The molecule has 35 heavy (non-hydrogen) atoms. The number of nitrogens with one attached hydrogen (secondary N) is 1. The molecule has 0 fully saturated rings. The van der Waals surface area contributed by atoms with Crippen LogP contribution in [0.1, 0.15) is 46.5 Å². The number of carbonyl (C=O) groups excluding carboxylic acids is 4. The van der Waals surface area contributed by atoms with Crippen LogP contribution in [0, 0.1) is 12.8 Å². The van der Waals surface area contributed by atoms with Gasteiger partial charge in [-0.3, -0.25) is 19.3 Å². The zero-order valence-corrected chi connectivity index (χ0v) is 22.5. The van der Waals surface area contributed by atoms with Crippen LogP contribution in [0.15, 0.2) is 18.2 Å². The molecule has 2 aromatic rings. The van der Waals surface area contributed by atoms with Crippen LogP contribution in [0.2, 0.25) is 25.1 Å². The van der Waals surface area contributed by atoms with E-state index in [-0.39, 0.29) is 43.6 Å². The Morgan fingerprint density at radius 1 is 0.943 bits per heavy atom. The van der Waals surface area contributed by atoms with Gasteiger partial charge in [0.25, 0.3) is 17.7 Å². The highest BCUT2D eigenvalue weighted by atomic mass is 35.5. The zero-order chi connectivity index (χ0) is 26.2. The molecule has 186 valence electrons. The van der Waals surface area contributed by atoms with Crippen LogP contribution >= 0.6 is 58.0 Å². The first-order chi connectivity index (χ1) is 16.3. The maximum absolute atomic E-state index is 13.2. The summed E-state index contributed by atoms with van der Waals surface area (Å²) in [5.74, 6) is -3.43. The van der Waals surface area contributed by atoms with Gasteiger partial charge in [0.1, 0.15) is 6.04 Å². The molecule has 0 saturated carbocycles. The third-order valence-corrected chi connectivity index (χ3v) is 7.27. The molecule has 0 bridgehead atoms. The van der Waals surface area contributed by atoms with Crippen LogP contribution in [0.4, 0.5) is 5.69 Å². The van der Waals surface area contributed by atoms with E-state index in [2.05, 4.69) is 5.32 Å². The Labute approximate surface area is 226 Å².